The molecule has 0 amide bonds. The van der Waals surface area contributed by atoms with Crippen molar-refractivity contribution in [3.63, 3.8) is 0 Å². The lowest BCUT2D eigenvalue weighted by Crippen LogP contribution is -2.27. The summed E-state index contributed by atoms with van der Waals surface area (Å²) in [7, 11) is 1.72. The van der Waals surface area contributed by atoms with E-state index in [2.05, 4.69) is 32.0 Å². The van der Waals surface area contributed by atoms with E-state index < -0.39 is 0 Å². The zero-order valence-electron chi connectivity index (χ0n) is 11.1. The molecule has 1 aromatic carbocycles. The van der Waals surface area contributed by atoms with Gasteiger partial charge in [0.1, 0.15) is 5.75 Å². The Bertz CT molecular complexity index is 383. The van der Waals surface area contributed by atoms with Crippen molar-refractivity contribution in [3.05, 3.63) is 29.3 Å². The Balaban J connectivity index is 2.30. The highest BCUT2D eigenvalue weighted by atomic mass is 16.5. The van der Waals surface area contributed by atoms with Gasteiger partial charge in [-0.3, -0.25) is 0 Å². The summed E-state index contributed by atoms with van der Waals surface area (Å²) in [5, 5.41) is 0. The number of hydrogen-bond acceptors (Lipinski definition) is 2. The van der Waals surface area contributed by atoms with Gasteiger partial charge in [-0.15, -0.1) is 0 Å². The Morgan fingerprint density at radius 2 is 2.00 bits per heavy atom. The Labute approximate surface area is 104 Å². The maximum atomic E-state index is 6.37. The number of methoxy groups -OCH3 is 1. The molecular weight excluding hydrogens is 210 g/mol. The Morgan fingerprint density at radius 3 is 2.47 bits per heavy atom. The number of benzene rings is 1. The predicted octanol–water partition coefficient (Wildman–Crippen LogP) is 3.62. The van der Waals surface area contributed by atoms with E-state index >= 15 is 0 Å². The van der Waals surface area contributed by atoms with Gasteiger partial charge in [0.25, 0.3) is 0 Å². The topological polar surface area (TPSA) is 35.2 Å². The number of rotatable bonds is 4. The van der Waals surface area contributed by atoms with Crippen molar-refractivity contribution in [3.8, 4) is 5.75 Å². The van der Waals surface area contributed by atoms with Gasteiger partial charge in [0.2, 0.25) is 0 Å². The Kier molecular flexibility index (Phi) is 3.72. The first-order valence-corrected chi connectivity index (χ1v) is 6.57. The maximum Gasteiger partial charge on any atom is 0.123 e. The number of nitrogens with two attached hydrogens (primary N) is 1. The van der Waals surface area contributed by atoms with Gasteiger partial charge in [-0.1, -0.05) is 32.4 Å². The summed E-state index contributed by atoms with van der Waals surface area (Å²) in [4.78, 5) is 0. The van der Waals surface area contributed by atoms with Crippen molar-refractivity contribution in [1.82, 2.24) is 0 Å². The second kappa shape index (κ2) is 5.09. The van der Waals surface area contributed by atoms with Crippen molar-refractivity contribution in [2.45, 2.75) is 45.1 Å². The molecule has 0 aromatic heterocycles. The monoisotopic (exact) mass is 233 g/mol. The third kappa shape index (κ3) is 2.47. The molecule has 1 saturated carbocycles. The maximum absolute atomic E-state index is 6.37. The van der Waals surface area contributed by atoms with E-state index in [9.17, 15) is 0 Å². The van der Waals surface area contributed by atoms with Crippen molar-refractivity contribution < 1.29 is 4.74 Å². The summed E-state index contributed by atoms with van der Waals surface area (Å²) in [5.41, 5.74) is 8.89. The molecule has 17 heavy (non-hydrogen) atoms. The van der Waals surface area contributed by atoms with E-state index in [1.807, 2.05) is 0 Å². The van der Waals surface area contributed by atoms with Gasteiger partial charge in [-0.2, -0.15) is 0 Å². The van der Waals surface area contributed by atoms with Crippen LogP contribution in [-0.4, -0.2) is 7.11 Å². The first kappa shape index (κ1) is 12.4. The van der Waals surface area contributed by atoms with Crippen molar-refractivity contribution in [2.75, 3.05) is 7.11 Å². The molecule has 1 fully saturated rings. The molecule has 2 rings (SSSR count). The van der Waals surface area contributed by atoms with Crippen molar-refractivity contribution in [1.29, 1.82) is 0 Å². The van der Waals surface area contributed by atoms with Gasteiger partial charge in [-0.25, -0.2) is 0 Å². The Hall–Kier alpha value is -1.02. The molecule has 1 atom stereocenters. The van der Waals surface area contributed by atoms with E-state index in [0.29, 0.717) is 11.8 Å². The second-order valence-electron chi connectivity index (χ2n) is 5.37. The smallest absolute Gasteiger partial charge is 0.123 e. The van der Waals surface area contributed by atoms with Crippen LogP contribution in [0.4, 0.5) is 0 Å². The fraction of sp³-hybridized carbons (Fsp3) is 0.600. The average Bonchev–Trinajstić information content (AvgIpc) is 2.25. The van der Waals surface area contributed by atoms with Crippen LogP contribution in [0.2, 0.25) is 0 Å². The lowest BCUT2D eigenvalue weighted by atomic mass is 9.77. The summed E-state index contributed by atoms with van der Waals surface area (Å²) in [6.07, 6.45) is 3.84. The average molecular weight is 233 g/mol. The molecule has 0 heterocycles. The SMILES string of the molecule is COc1ccc(C(C)C)cc1[C@H](N)C1CCC1. The van der Waals surface area contributed by atoms with E-state index in [4.69, 9.17) is 10.5 Å². The van der Waals surface area contributed by atoms with Gasteiger partial charge in [0, 0.05) is 11.6 Å². The molecule has 0 unspecified atom stereocenters. The van der Waals surface area contributed by atoms with Gasteiger partial charge < -0.3 is 10.5 Å². The summed E-state index contributed by atoms with van der Waals surface area (Å²) >= 11 is 0. The highest BCUT2D eigenvalue weighted by molar-refractivity contribution is 5.40. The molecule has 0 radical (unpaired) electrons. The fourth-order valence-electron chi connectivity index (χ4n) is 2.43. The minimum atomic E-state index is 0.136. The van der Waals surface area contributed by atoms with Gasteiger partial charge >= 0.3 is 0 Å². The van der Waals surface area contributed by atoms with Crippen LogP contribution >= 0.6 is 0 Å². The molecule has 94 valence electrons. The molecular formula is C15H23NO. The first-order chi connectivity index (χ1) is 8.13. The van der Waals surface area contributed by atoms with Gasteiger partial charge in [-0.05, 0) is 36.3 Å². The van der Waals surface area contributed by atoms with E-state index in [-0.39, 0.29) is 6.04 Å². The standard InChI is InChI=1S/C15H23NO/c1-10(2)12-7-8-14(17-3)13(9-12)15(16)11-5-4-6-11/h7-11,15H,4-6,16H2,1-3H3/t15-/m1/s1. The summed E-state index contributed by atoms with van der Waals surface area (Å²) in [6, 6.07) is 6.56. The lowest BCUT2D eigenvalue weighted by molar-refractivity contribution is 0.259. The molecule has 0 bridgehead atoms. The van der Waals surface area contributed by atoms with Gasteiger partial charge in [0.05, 0.1) is 7.11 Å². The van der Waals surface area contributed by atoms with Crippen LogP contribution in [0.5, 0.6) is 5.75 Å². The molecule has 0 saturated heterocycles. The van der Waals surface area contributed by atoms with E-state index in [1.165, 1.54) is 30.4 Å². The van der Waals surface area contributed by atoms with Crippen LogP contribution in [0.3, 0.4) is 0 Å². The van der Waals surface area contributed by atoms with Crippen molar-refractivity contribution in [2.24, 2.45) is 11.7 Å². The van der Waals surface area contributed by atoms with Crippen LogP contribution in [0.1, 0.15) is 56.2 Å². The quantitative estimate of drug-likeness (QED) is 0.862. The third-order valence-electron chi connectivity index (χ3n) is 3.94. The predicted molar refractivity (Wildman–Crippen MR) is 71.4 cm³/mol. The highest BCUT2D eigenvalue weighted by Crippen LogP contribution is 2.39. The molecule has 1 aliphatic rings. The van der Waals surface area contributed by atoms with Gasteiger partial charge in [0.15, 0.2) is 0 Å². The molecule has 0 aliphatic heterocycles. The van der Waals surface area contributed by atoms with E-state index in [1.54, 1.807) is 7.11 Å². The number of hydrogen-bond donors (Lipinski definition) is 1. The molecule has 2 heteroatoms. The normalized spacial score (nSPS) is 17.9. The number of ether oxygens (including phenoxy) is 1. The van der Waals surface area contributed by atoms with Crippen LogP contribution in [0.15, 0.2) is 18.2 Å². The molecule has 2 N–H and O–H groups in total. The minimum Gasteiger partial charge on any atom is -0.496 e. The highest BCUT2D eigenvalue weighted by Gasteiger charge is 2.27. The lowest BCUT2D eigenvalue weighted by Gasteiger charge is -2.32. The Morgan fingerprint density at radius 1 is 1.29 bits per heavy atom. The van der Waals surface area contributed by atoms with E-state index in [0.717, 1.165) is 5.75 Å². The molecule has 1 aromatic rings. The molecule has 0 spiro atoms. The molecule has 2 nitrogen and oxygen atoms in total. The van der Waals surface area contributed by atoms with Crippen LogP contribution in [-0.2, 0) is 0 Å². The minimum absolute atomic E-state index is 0.136. The summed E-state index contributed by atoms with van der Waals surface area (Å²) in [5.74, 6) is 2.12. The largest absolute Gasteiger partial charge is 0.496 e. The second-order valence-corrected chi connectivity index (χ2v) is 5.37. The van der Waals surface area contributed by atoms with Crippen molar-refractivity contribution >= 4 is 0 Å². The first-order valence-electron chi connectivity index (χ1n) is 6.57. The third-order valence-corrected chi connectivity index (χ3v) is 3.94. The van der Waals surface area contributed by atoms with Crippen LogP contribution in [0.25, 0.3) is 0 Å². The summed E-state index contributed by atoms with van der Waals surface area (Å²) < 4.78 is 5.44. The summed E-state index contributed by atoms with van der Waals surface area (Å²) in [6.45, 7) is 4.42. The molecule has 1 aliphatic carbocycles. The van der Waals surface area contributed by atoms with Crippen LogP contribution in [0, 0.1) is 5.92 Å². The fourth-order valence-corrected chi connectivity index (χ4v) is 2.43. The zero-order valence-corrected chi connectivity index (χ0v) is 11.1. The zero-order chi connectivity index (χ0) is 12.4. The van der Waals surface area contributed by atoms with Crippen LogP contribution < -0.4 is 10.5 Å².